The molecule has 100 valence electrons. The molecular weight excluding hydrogens is 226 g/mol. The van der Waals surface area contributed by atoms with Gasteiger partial charge in [0.05, 0.1) is 6.20 Å². The summed E-state index contributed by atoms with van der Waals surface area (Å²) in [6.07, 6.45) is 9.17. The Balaban J connectivity index is 1.95. The zero-order valence-corrected chi connectivity index (χ0v) is 11.4. The molecule has 0 atom stereocenters. The van der Waals surface area contributed by atoms with Crippen LogP contribution in [0.15, 0.2) is 6.20 Å². The van der Waals surface area contributed by atoms with Gasteiger partial charge in [0.2, 0.25) is 5.95 Å². The molecule has 0 aromatic carbocycles. The molecule has 0 unspecified atom stereocenters. The fraction of sp³-hybridized carbons (Fsp3) is 0.769. The summed E-state index contributed by atoms with van der Waals surface area (Å²) in [6, 6.07) is 0.565. The van der Waals surface area contributed by atoms with Gasteiger partial charge >= 0.3 is 0 Å². The highest BCUT2D eigenvalue weighted by Crippen LogP contribution is 2.21. The average Bonchev–Trinajstić information content (AvgIpc) is 2.89. The van der Waals surface area contributed by atoms with Crippen LogP contribution in [0.5, 0.6) is 0 Å². The molecule has 1 aliphatic rings. The third-order valence-corrected chi connectivity index (χ3v) is 3.44. The van der Waals surface area contributed by atoms with Crippen molar-refractivity contribution >= 4 is 11.8 Å². The first-order chi connectivity index (χ1) is 8.79. The normalized spacial score (nSPS) is 15.9. The van der Waals surface area contributed by atoms with Crippen LogP contribution in [0.2, 0.25) is 0 Å². The van der Waals surface area contributed by atoms with Gasteiger partial charge < -0.3 is 10.2 Å². The second kappa shape index (κ2) is 6.52. The molecule has 1 saturated carbocycles. The quantitative estimate of drug-likeness (QED) is 0.839. The maximum Gasteiger partial charge on any atom is 0.247 e. The third-order valence-electron chi connectivity index (χ3n) is 3.44. The predicted octanol–water partition coefficient (Wildman–Crippen LogP) is 2.46. The van der Waals surface area contributed by atoms with Crippen molar-refractivity contribution in [2.75, 3.05) is 23.8 Å². The molecule has 1 fully saturated rings. The number of nitrogens with zero attached hydrogens (tertiary/aromatic N) is 4. The highest BCUT2D eigenvalue weighted by atomic mass is 15.3. The van der Waals surface area contributed by atoms with Gasteiger partial charge in [-0.2, -0.15) is 10.1 Å². The topological polar surface area (TPSA) is 53.9 Å². The van der Waals surface area contributed by atoms with Crippen LogP contribution in [0, 0.1) is 0 Å². The van der Waals surface area contributed by atoms with E-state index in [-0.39, 0.29) is 0 Å². The number of aromatic nitrogens is 3. The average molecular weight is 249 g/mol. The summed E-state index contributed by atoms with van der Waals surface area (Å²) in [7, 11) is 2.02. The molecule has 1 N–H and O–H groups in total. The minimum absolute atomic E-state index is 0.565. The van der Waals surface area contributed by atoms with E-state index in [1.54, 1.807) is 6.20 Å². The Kier molecular flexibility index (Phi) is 4.73. The molecule has 1 aliphatic carbocycles. The lowest BCUT2D eigenvalue weighted by molar-refractivity contribution is 0.728. The van der Waals surface area contributed by atoms with Crippen LogP contribution >= 0.6 is 0 Å². The third kappa shape index (κ3) is 3.55. The van der Waals surface area contributed by atoms with Crippen molar-refractivity contribution in [3.05, 3.63) is 6.20 Å². The van der Waals surface area contributed by atoms with Crippen LogP contribution in [-0.2, 0) is 0 Å². The van der Waals surface area contributed by atoms with Gasteiger partial charge in [-0.15, -0.1) is 5.10 Å². The monoisotopic (exact) mass is 249 g/mol. The molecule has 0 bridgehead atoms. The van der Waals surface area contributed by atoms with Crippen LogP contribution in [0.25, 0.3) is 0 Å². The first kappa shape index (κ1) is 13.1. The van der Waals surface area contributed by atoms with E-state index >= 15 is 0 Å². The number of unbranched alkanes of at least 4 members (excludes halogenated alkanes) is 1. The van der Waals surface area contributed by atoms with Gasteiger partial charge in [0.25, 0.3) is 0 Å². The van der Waals surface area contributed by atoms with E-state index < -0.39 is 0 Å². The maximum absolute atomic E-state index is 4.53. The van der Waals surface area contributed by atoms with E-state index in [2.05, 4.69) is 32.3 Å². The van der Waals surface area contributed by atoms with Gasteiger partial charge in [-0.1, -0.05) is 26.2 Å². The molecular formula is C13H23N5. The van der Waals surface area contributed by atoms with Crippen molar-refractivity contribution < 1.29 is 0 Å². The largest absolute Gasteiger partial charge is 0.366 e. The number of hydrogen-bond acceptors (Lipinski definition) is 5. The molecule has 1 aromatic heterocycles. The van der Waals surface area contributed by atoms with Crippen molar-refractivity contribution in [1.82, 2.24) is 15.2 Å². The lowest BCUT2D eigenvalue weighted by atomic mass is 10.2. The van der Waals surface area contributed by atoms with E-state index in [0.717, 1.165) is 18.8 Å². The van der Waals surface area contributed by atoms with Crippen LogP contribution in [0.4, 0.5) is 11.8 Å². The van der Waals surface area contributed by atoms with Crippen molar-refractivity contribution in [3.8, 4) is 0 Å². The highest BCUT2D eigenvalue weighted by molar-refractivity contribution is 5.39. The van der Waals surface area contributed by atoms with Crippen molar-refractivity contribution in [2.24, 2.45) is 0 Å². The van der Waals surface area contributed by atoms with E-state index in [4.69, 9.17) is 0 Å². The van der Waals surface area contributed by atoms with E-state index in [1.807, 2.05) is 7.05 Å². The van der Waals surface area contributed by atoms with Crippen molar-refractivity contribution in [2.45, 2.75) is 51.5 Å². The Hall–Kier alpha value is -1.39. The summed E-state index contributed by atoms with van der Waals surface area (Å²) < 4.78 is 0. The van der Waals surface area contributed by atoms with Gasteiger partial charge in [-0.05, 0) is 19.3 Å². The second-order valence-electron chi connectivity index (χ2n) is 5.04. The Morgan fingerprint density at radius 3 is 2.89 bits per heavy atom. The molecule has 5 nitrogen and oxygen atoms in total. The number of rotatable bonds is 6. The van der Waals surface area contributed by atoms with Crippen LogP contribution in [0.1, 0.15) is 45.4 Å². The van der Waals surface area contributed by atoms with Gasteiger partial charge in [0, 0.05) is 19.6 Å². The van der Waals surface area contributed by atoms with Gasteiger partial charge in [0.1, 0.15) is 0 Å². The van der Waals surface area contributed by atoms with Gasteiger partial charge in [0.15, 0.2) is 5.82 Å². The molecule has 0 radical (unpaired) electrons. The SMILES string of the molecule is CCCCN(C)c1nncc(NC2CCCC2)n1. The predicted molar refractivity (Wildman–Crippen MR) is 73.9 cm³/mol. The second-order valence-corrected chi connectivity index (χ2v) is 5.04. The number of hydrogen-bond donors (Lipinski definition) is 1. The van der Waals surface area contributed by atoms with E-state index in [9.17, 15) is 0 Å². The van der Waals surface area contributed by atoms with Crippen LogP contribution in [-0.4, -0.2) is 34.8 Å². The fourth-order valence-corrected chi connectivity index (χ4v) is 2.30. The summed E-state index contributed by atoms with van der Waals surface area (Å²) in [5.74, 6) is 1.57. The van der Waals surface area contributed by atoms with Gasteiger partial charge in [-0.3, -0.25) is 0 Å². The Morgan fingerprint density at radius 2 is 2.17 bits per heavy atom. The molecule has 0 aliphatic heterocycles. The standard InChI is InChI=1S/C13H23N5/c1-3-4-9-18(2)13-16-12(10-14-17-13)15-11-7-5-6-8-11/h10-11H,3-9H2,1-2H3,(H,15,16,17). The molecule has 0 saturated heterocycles. The lowest BCUT2D eigenvalue weighted by Gasteiger charge is -2.17. The van der Waals surface area contributed by atoms with E-state index in [0.29, 0.717) is 12.0 Å². The van der Waals surface area contributed by atoms with Crippen LogP contribution < -0.4 is 10.2 Å². The molecule has 18 heavy (non-hydrogen) atoms. The zero-order valence-electron chi connectivity index (χ0n) is 11.4. The summed E-state index contributed by atoms with van der Waals surface area (Å²) in [5.41, 5.74) is 0. The van der Waals surface area contributed by atoms with Crippen LogP contribution in [0.3, 0.4) is 0 Å². The first-order valence-corrected chi connectivity index (χ1v) is 6.97. The van der Waals surface area contributed by atoms with E-state index in [1.165, 1.54) is 32.1 Å². The number of anilines is 2. The minimum Gasteiger partial charge on any atom is -0.366 e. The van der Waals surface area contributed by atoms with Crippen molar-refractivity contribution in [1.29, 1.82) is 0 Å². The molecule has 0 spiro atoms. The Morgan fingerprint density at radius 1 is 1.39 bits per heavy atom. The lowest BCUT2D eigenvalue weighted by Crippen LogP contribution is -2.23. The molecule has 2 rings (SSSR count). The fourth-order valence-electron chi connectivity index (χ4n) is 2.30. The number of nitrogens with one attached hydrogen (secondary N) is 1. The maximum atomic E-state index is 4.53. The molecule has 1 heterocycles. The van der Waals surface area contributed by atoms with Gasteiger partial charge in [-0.25, -0.2) is 0 Å². The first-order valence-electron chi connectivity index (χ1n) is 6.97. The molecule has 5 heteroatoms. The molecule has 0 amide bonds. The molecule has 1 aromatic rings. The summed E-state index contributed by atoms with van der Waals surface area (Å²) >= 11 is 0. The summed E-state index contributed by atoms with van der Waals surface area (Å²) in [4.78, 5) is 6.60. The smallest absolute Gasteiger partial charge is 0.247 e. The highest BCUT2D eigenvalue weighted by Gasteiger charge is 2.15. The Bertz CT molecular complexity index is 362. The summed E-state index contributed by atoms with van der Waals surface area (Å²) in [5, 5.41) is 11.6. The zero-order chi connectivity index (χ0) is 12.8. The minimum atomic E-state index is 0.565. The Labute approximate surface area is 109 Å². The summed E-state index contributed by atoms with van der Waals surface area (Å²) in [6.45, 7) is 3.16. The van der Waals surface area contributed by atoms with Crippen molar-refractivity contribution in [3.63, 3.8) is 0 Å².